The van der Waals surface area contributed by atoms with E-state index in [0.29, 0.717) is 6.61 Å². The highest BCUT2D eigenvalue weighted by atomic mass is 16.5. The molecule has 0 bridgehead atoms. The zero-order valence-electron chi connectivity index (χ0n) is 10.2. The smallest absolute Gasteiger partial charge is 0.0813 e. The monoisotopic (exact) mass is 242 g/mol. The molecule has 3 rings (SSSR count). The normalized spacial score (nSPS) is 14.9. The van der Waals surface area contributed by atoms with Gasteiger partial charge in [-0.1, -0.05) is 0 Å². The van der Waals surface area contributed by atoms with Gasteiger partial charge in [0.1, 0.15) is 0 Å². The second kappa shape index (κ2) is 4.70. The lowest BCUT2D eigenvalue weighted by atomic mass is 10.1. The Kier molecular flexibility index (Phi) is 2.90. The molecule has 0 saturated carbocycles. The number of aromatic nitrogens is 4. The molecule has 0 radical (unpaired) electrons. The van der Waals surface area contributed by atoms with E-state index in [-0.39, 0.29) is 0 Å². The molecule has 18 heavy (non-hydrogen) atoms. The minimum atomic E-state index is 0.642. The zero-order chi connectivity index (χ0) is 12.4. The van der Waals surface area contributed by atoms with Crippen LogP contribution in [0.25, 0.3) is 12.2 Å². The third-order valence-corrected chi connectivity index (χ3v) is 3.00. The SMILES string of the molecule is Cn1nc2c(c1/C=C/c1cnccn1)COCC2. The van der Waals surface area contributed by atoms with Gasteiger partial charge in [-0.15, -0.1) is 0 Å². The van der Waals surface area contributed by atoms with Crippen molar-refractivity contribution >= 4 is 12.2 Å². The summed E-state index contributed by atoms with van der Waals surface area (Å²) >= 11 is 0. The van der Waals surface area contributed by atoms with Gasteiger partial charge in [0.2, 0.25) is 0 Å². The second-order valence-corrected chi connectivity index (χ2v) is 4.20. The highest BCUT2D eigenvalue weighted by molar-refractivity contribution is 5.68. The van der Waals surface area contributed by atoms with Gasteiger partial charge in [-0.2, -0.15) is 5.10 Å². The summed E-state index contributed by atoms with van der Waals surface area (Å²) in [6.45, 7) is 1.40. The van der Waals surface area contributed by atoms with Crippen molar-refractivity contribution in [1.29, 1.82) is 0 Å². The van der Waals surface area contributed by atoms with Crippen LogP contribution in [0.4, 0.5) is 0 Å². The van der Waals surface area contributed by atoms with Crippen molar-refractivity contribution in [1.82, 2.24) is 19.7 Å². The first-order valence-corrected chi connectivity index (χ1v) is 5.91. The predicted octanol–water partition coefficient (Wildman–Crippen LogP) is 1.45. The van der Waals surface area contributed by atoms with Crippen molar-refractivity contribution in [2.24, 2.45) is 7.05 Å². The highest BCUT2D eigenvalue weighted by Crippen LogP contribution is 2.21. The first-order valence-electron chi connectivity index (χ1n) is 5.91. The van der Waals surface area contributed by atoms with Gasteiger partial charge in [0.05, 0.1) is 36.5 Å². The van der Waals surface area contributed by atoms with Crippen molar-refractivity contribution in [3.8, 4) is 0 Å². The van der Waals surface area contributed by atoms with Gasteiger partial charge in [-0.05, 0) is 12.2 Å². The largest absolute Gasteiger partial charge is 0.376 e. The molecule has 2 aromatic heterocycles. The van der Waals surface area contributed by atoms with E-state index in [1.807, 2.05) is 23.9 Å². The number of rotatable bonds is 2. The standard InChI is InChI=1S/C13H14N4O/c1-17-13(3-2-10-8-14-5-6-15-10)11-9-18-7-4-12(11)16-17/h2-3,5-6,8H,4,7,9H2,1H3/b3-2+. The van der Waals surface area contributed by atoms with Gasteiger partial charge in [0.15, 0.2) is 0 Å². The Balaban J connectivity index is 1.93. The molecular weight excluding hydrogens is 228 g/mol. The average molecular weight is 242 g/mol. The molecule has 0 saturated heterocycles. The lowest BCUT2D eigenvalue weighted by molar-refractivity contribution is 0.110. The lowest BCUT2D eigenvalue weighted by Crippen LogP contribution is -2.08. The summed E-state index contributed by atoms with van der Waals surface area (Å²) in [4.78, 5) is 8.24. The summed E-state index contributed by atoms with van der Waals surface area (Å²) in [5.41, 5.74) is 4.24. The molecule has 0 spiro atoms. The molecule has 2 aromatic rings. The Bertz CT molecular complexity index is 574. The summed E-state index contributed by atoms with van der Waals surface area (Å²) < 4.78 is 7.38. The van der Waals surface area contributed by atoms with Gasteiger partial charge >= 0.3 is 0 Å². The molecule has 0 N–H and O–H groups in total. The van der Waals surface area contributed by atoms with Gasteiger partial charge in [-0.3, -0.25) is 14.6 Å². The lowest BCUT2D eigenvalue weighted by Gasteiger charge is -2.10. The van der Waals surface area contributed by atoms with Crippen LogP contribution >= 0.6 is 0 Å². The number of aryl methyl sites for hydroxylation is 1. The number of hydrogen-bond donors (Lipinski definition) is 0. The third-order valence-electron chi connectivity index (χ3n) is 3.00. The maximum absolute atomic E-state index is 5.49. The van der Waals surface area contributed by atoms with Crippen LogP contribution in [-0.4, -0.2) is 26.4 Å². The summed E-state index contributed by atoms with van der Waals surface area (Å²) in [6, 6.07) is 0. The summed E-state index contributed by atoms with van der Waals surface area (Å²) in [6.07, 6.45) is 9.93. The van der Waals surface area contributed by atoms with Gasteiger partial charge < -0.3 is 4.74 Å². The van der Waals surface area contributed by atoms with Crippen LogP contribution in [0.1, 0.15) is 22.6 Å². The van der Waals surface area contributed by atoms with Crippen molar-refractivity contribution in [3.05, 3.63) is 41.2 Å². The molecule has 0 amide bonds. The minimum Gasteiger partial charge on any atom is -0.376 e. The molecule has 5 nitrogen and oxygen atoms in total. The summed E-state index contributed by atoms with van der Waals surface area (Å²) in [5, 5.41) is 4.51. The molecule has 5 heteroatoms. The Morgan fingerprint density at radius 1 is 1.33 bits per heavy atom. The van der Waals surface area contributed by atoms with E-state index in [1.165, 1.54) is 5.56 Å². The molecule has 0 atom stereocenters. The predicted molar refractivity (Wildman–Crippen MR) is 67.5 cm³/mol. The zero-order valence-corrected chi connectivity index (χ0v) is 10.2. The van der Waals surface area contributed by atoms with Crippen LogP contribution in [0.2, 0.25) is 0 Å². The third kappa shape index (κ3) is 2.04. The van der Waals surface area contributed by atoms with E-state index in [9.17, 15) is 0 Å². The fraction of sp³-hybridized carbons (Fsp3) is 0.308. The van der Waals surface area contributed by atoms with E-state index >= 15 is 0 Å². The molecule has 1 aliphatic heterocycles. The van der Waals surface area contributed by atoms with E-state index < -0.39 is 0 Å². The van der Waals surface area contributed by atoms with Gasteiger partial charge in [-0.25, -0.2) is 0 Å². The van der Waals surface area contributed by atoms with Crippen LogP contribution in [0, 0.1) is 0 Å². The minimum absolute atomic E-state index is 0.642. The number of hydrogen-bond acceptors (Lipinski definition) is 4. The Morgan fingerprint density at radius 3 is 3.11 bits per heavy atom. The number of ether oxygens (including phenoxy) is 1. The molecule has 1 aliphatic rings. The second-order valence-electron chi connectivity index (χ2n) is 4.20. The Hall–Kier alpha value is -2.01. The molecule has 3 heterocycles. The molecule has 92 valence electrons. The van der Waals surface area contributed by atoms with Gasteiger partial charge in [0.25, 0.3) is 0 Å². The van der Waals surface area contributed by atoms with Crippen LogP contribution in [0.5, 0.6) is 0 Å². The van der Waals surface area contributed by atoms with E-state index in [1.54, 1.807) is 18.6 Å². The highest BCUT2D eigenvalue weighted by Gasteiger charge is 2.17. The number of fused-ring (bicyclic) bond motifs is 1. The average Bonchev–Trinajstić information content (AvgIpc) is 2.73. The molecule has 0 fully saturated rings. The van der Waals surface area contributed by atoms with E-state index in [2.05, 4.69) is 15.1 Å². The Morgan fingerprint density at radius 2 is 2.28 bits per heavy atom. The van der Waals surface area contributed by atoms with Crippen molar-refractivity contribution in [2.45, 2.75) is 13.0 Å². The topological polar surface area (TPSA) is 52.8 Å². The van der Waals surface area contributed by atoms with Crippen molar-refractivity contribution in [3.63, 3.8) is 0 Å². The van der Waals surface area contributed by atoms with Crippen LogP contribution in [0.15, 0.2) is 18.6 Å². The van der Waals surface area contributed by atoms with E-state index in [4.69, 9.17) is 4.74 Å². The maximum atomic E-state index is 5.49. The molecule has 0 aromatic carbocycles. The van der Waals surface area contributed by atoms with Crippen LogP contribution in [0.3, 0.4) is 0 Å². The van der Waals surface area contributed by atoms with E-state index in [0.717, 1.165) is 30.1 Å². The Labute approximate surface area is 105 Å². The van der Waals surface area contributed by atoms with Crippen molar-refractivity contribution < 1.29 is 4.74 Å². The van der Waals surface area contributed by atoms with Crippen LogP contribution < -0.4 is 0 Å². The fourth-order valence-electron chi connectivity index (χ4n) is 2.11. The quantitative estimate of drug-likeness (QED) is 0.800. The summed E-state index contributed by atoms with van der Waals surface area (Å²) in [7, 11) is 1.95. The first kappa shape index (κ1) is 11.1. The molecule has 0 aliphatic carbocycles. The summed E-state index contributed by atoms with van der Waals surface area (Å²) in [5.74, 6) is 0. The fourth-order valence-corrected chi connectivity index (χ4v) is 2.11. The first-order chi connectivity index (χ1) is 8.84. The van der Waals surface area contributed by atoms with Crippen LogP contribution in [-0.2, 0) is 24.8 Å². The van der Waals surface area contributed by atoms with Gasteiger partial charge in [0, 0.05) is 31.4 Å². The molecular formula is C13H14N4O. The maximum Gasteiger partial charge on any atom is 0.0813 e. The van der Waals surface area contributed by atoms with Crippen molar-refractivity contribution in [2.75, 3.05) is 6.61 Å². The molecule has 0 unspecified atom stereocenters. The number of nitrogens with zero attached hydrogens (tertiary/aromatic N) is 4.